The van der Waals surface area contributed by atoms with Crippen molar-refractivity contribution < 1.29 is 4.74 Å². The van der Waals surface area contributed by atoms with E-state index >= 15 is 0 Å². The van der Waals surface area contributed by atoms with Gasteiger partial charge in [0, 0.05) is 11.8 Å². The molecule has 1 aliphatic carbocycles. The Balaban J connectivity index is 1.89. The van der Waals surface area contributed by atoms with Gasteiger partial charge in [-0.3, -0.25) is 5.43 Å². The minimum absolute atomic E-state index is 0.0548. The Bertz CT molecular complexity index is 615. The lowest BCUT2D eigenvalue weighted by atomic mass is 9.89. The van der Waals surface area contributed by atoms with E-state index in [2.05, 4.69) is 39.7 Å². The standard InChI is InChI=1S/C15H18N4O/c1-10-9-17-15(19-16)18-14(10)20-13-8-4-6-11-5-2-3-7-12(11)13/h2-3,5,7,9,13H,4,6,8,16H2,1H3,(H,17,18,19). The van der Waals surface area contributed by atoms with Crippen molar-refractivity contribution in [3.8, 4) is 5.88 Å². The minimum atomic E-state index is 0.0548. The van der Waals surface area contributed by atoms with Gasteiger partial charge in [-0.15, -0.1) is 0 Å². The van der Waals surface area contributed by atoms with Gasteiger partial charge in [0.25, 0.3) is 0 Å². The van der Waals surface area contributed by atoms with Crippen LogP contribution in [0.3, 0.4) is 0 Å². The Morgan fingerprint density at radius 1 is 1.35 bits per heavy atom. The first-order valence-corrected chi connectivity index (χ1v) is 6.82. The monoisotopic (exact) mass is 270 g/mol. The maximum atomic E-state index is 6.11. The van der Waals surface area contributed by atoms with E-state index in [4.69, 9.17) is 10.6 Å². The molecule has 0 fully saturated rings. The van der Waals surface area contributed by atoms with Crippen LogP contribution in [0.4, 0.5) is 5.95 Å². The van der Waals surface area contributed by atoms with E-state index in [0.717, 1.165) is 24.8 Å². The summed E-state index contributed by atoms with van der Waals surface area (Å²) in [6.07, 6.45) is 5.03. The highest BCUT2D eigenvalue weighted by molar-refractivity contribution is 5.35. The van der Waals surface area contributed by atoms with Crippen molar-refractivity contribution in [1.29, 1.82) is 0 Å². The second-order valence-electron chi connectivity index (χ2n) is 5.02. The number of benzene rings is 1. The fourth-order valence-corrected chi connectivity index (χ4v) is 2.58. The van der Waals surface area contributed by atoms with E-state index < -0.39 is 0 Å². The predicted octanol–water partition coefficient (Wildman–Crippen LogP) is 2.53. The summed E-state index contributed by atoms with van der Waals surface area (Å²) in [5, 5.41) is 0. The number of nitrogens with one attached hydrogen (secondary N) is 1. The Morgan fingerprint density at radius 3 is 3.05 bits per heavy atom. The van der Waals surface area contributed by atoms with Crippen LogP contribution in [0, 0.1) is 6.92 Å². The molecule has 1 aliphatic rings. The third kappa shape index (κ3) is 2.44. The summed E-state index contributed by atoms with van der Waals surface area (Å²) >= 11 is 0. The van der Waals surface area contributed by atoms with Gasteiger partial charge in [-0.2, -0.15) is 4.98 Å². The molecule has 104 valence electrons. The number of fused-ring (bicyclic) bond motifs is 1. The summed E-state index contributed by atoms with van der Waals surface area (Å²) in [5.41, 5.74) is 5.99. The van der Waals surface area contributed by atoms with Crippen molar-refractivity contribution in [3.63, 3.8) is 0 Å². The number of nitrogens with two attached hydrogens (primary N) is 1. The highest BCUT2D eigenvalue weighted by atomic mass is 16.5. The number of hydrazine groups is 1. The average Bonchev–Trinajstić information content (AvgIpc) is 2.50. The van der Waals surface area contributed by atoms with E-state index in [-0.39, 0.29) is 6.10 Å². The molecule has 1 aromatic heterocycles. The number of nitrogen functional groups attached to an aromatic ring is 1. The molecule has 0 saturated heterocycles. The number of hydrogen-bond donors (Lipinski definition) is 2. The van der Waals surface area contributed by atoms with Crippen LogP contribution in [0.5, 0.6) is 5.88 Å². The smallest absolute Gasteiger partial charge is 0.240 e. The number of ether oxygens (including phenoxy) is 1. The number of nitrogens with zero attached hydrogens (tertiary/aromatic N) is 2. The SMILES string of the molecule is Cc1cnc(NN)nc1OC1CCCc2ccccc21. The summed E-state index contributed by atoms with van der Waals surface area (Å²) in [7, 11) is 0. The molecule has 2 aromatic rings. The predicted molar refractivity (Wildman–Crippen MR) is 77.3 cm³/mol. The average molecular weight is 270 g/mol. The van der Waals surface area contributed by atoms with Crippen LogP contribution in [0.1, 0.15) is 35.6 Å². The molecule has 1 aromatic carbocycles. The maximum absolute atomic E-state index is 6.11. The summed E-state index contributed by atoms with van der Waals surface area (Å²) in [4.78, 5) is 8.36. The molecule has 5 nitrogen and oxygen atoms in total. The van der Waals surface area contributed by atoms with Crippen molar-refractivity contribution in [2.75, 3.05) is 5.43 Å². The highest BCUT2D eigenvalue weighted by Gasteiger charge is 2.22. The lowest BCUT2D eigenvalue weighted by molar-refractivity contribution is 0.174. The zero-order valence-electron chi connectivity index (χ0n) is 11.5. The van der Waals surface area contributed by atoms with Crippen LogP contribution in [0.25, 0.3) is 0 Å². The van der Waals surface area contributed by atoms with Gasteiger partial charge < -0.3 is 4.74 Å². The fourth-order valence-electron chi connectivity index (χ4n) is 2.58. The van der Waals surface area contributed by atoms with Crippen molar-refractivity contribution >= 4 is 5.95 Å². The fraction of sp³-hybridized carbons (Fsp3) is 0.333. The van der Waals surface area contributed by atoms with Crippen LogP contribution in [0.15, 0.2) is 30.5 Å². The molecule has 0 saturated carbocycles. The normalized spacial score (nSPS) is 17.4. The molecule has 1 atom stereocenters. The van der Waals surface area contributed by atoms with Gasteiger partial charge in [-0.1, -0.05) is 24.3 Å². The number of aryl methyl sites for hydroxylation is 2. The van der Waals surface area contributed by atoms with E-state index in [0.29, 0.717) is 11.8 Å². The van der Waals surface area contributed by atoms with Crippen LogP contribution in [-0.2, 0) is 6.42 Å². The van der Waals surface area contributed by atoms with Crippen LogP contribution in [0.2, 0.25) is 0 Å². The van der Waals surface area contributed by atoms with Gasteiger partial charge in [-0.05, 0) is 37.3 Å². The first-order chi connectivity index (χ1) is 9.78. The topological polar surface area (TPSA) is 73.1 Å². The van der Waals surface area contributed by atoms with Gasteiger partial charge in [-0.25, -0.2) is 10.8 Å². The number of hydrogen-bond acceptors (Lipinski definition) is 5. The zero-order valence-corrected chi connectivity index (χ0v) is 11.5. The zero-order chi connectivity index (χ0) is 13.9. The van der Waals surface area contributed by atoms with Crippen molar-refractivity contribution in [3.05, 3.63) is 47.2 Å². The largest absolute Gasteiger partial charge is 0.469 e. The van der Waals surface area contributed by atoms with E-state index in [9.17, 15) is 0 Å². The quantitative estimate of drug-likeness (QED) is 0.662. The second kappa shape index (κ2) is 5.46. The van der Waals surface area contributed by atoms with Crippen molar-refractivity contribution in [1.82, 2.24) is 9.97 Å². The van der Waals surface area contributed by atoms with Gasteiger partial charge in [0.15, 0.2) is 0 Å². The van der Waals surface area contributed by atoms with Crippen LogP contribution in [-0.4, -0.2) is 9.97 Å². The Kier molecular flexibility index (Phi) is 3.52. The lowest BCUT2D eigenvalue weighted by Crippen LogP contribution is -2.17. The molecule has 5 heteroatoms. The Morgan fingerprint density at radius 2 is 2.20 bits per heavy atom. The molecule has 0 aliphatic heterocycles. The summed E-state index contributed by atoms with van der Waals surface area (Å²) in [5.74, 6) is 6.31. The van der Waals surface area contributed by atoms with Gasteiger partial charge in [0.1, 0.15) is 6.10 Å². The molecule has 0 amide bonds. The first kappa shape index (κ1) is 12.9. The van der Waals surface area contributed by atoms with Crippen molar-refractivity contribution in [2.45, 2.75) is 32.3 Å². The Labute approximate surface area is 118 Å². The van der Waals surface area contributed by atoms with E-state index in [1.807, 2.05) is 6.92 Å². The molecule has 0 radical (unpaired) electrons. The van der Waals surface area contributed by atoms with E-state index in [1.165, 1.54) is 11.1 Å². The third-order valence-corrected chi connectivity index (χ3v) is 3.62. The van der Waals surface area contributed by atoms with Gasteiger partial charge in [0.2, 0.25) is 11.8 Å². The third-order valence-electron chi connectivity index (χ3n) is 3.62. The Hall–Kier alpha value is -2.14. The molecule has 1 heterocycles. The van der Waals surface area contributed by atoms with Gasteiger partial charge >= 0.3 is 0 Å². The molecule has 0 bridgehead atoms. The van der Waals surface area contributed by atoms with Crippen LogP contribution >= 0.6 is 0 Å². The molecule has 20 heavy (non-hydrogen) atoms. The molecular formula is C15H18N4O. The maximum Gasteiger partial charge on any atom is 0.240 e. The highest BCUT2D eigenvalue weighted by Crippen LogP contribution is 2.33. The molecule has 1 unspecified atom stereocenters. The first-order valence-electron chi connectivity index (χ1n) is 6.82. The van der Waals surface area contributed by atoms with Gasteiger partial charge in [0.05, 0.1) is 0 Å². The summed E-state index contributed by atoms with van der Waals surface area (Å²) < 4.78 is 6.11. The van der Waals surface area contributed by atoms with Crippen molar-refractivity contribution in [2.24, 2.45) is 5.84 Å². The van der Waals surface area contributed by atoms with Crippen LogP contribution < -0.4 is 16.0 Å². The number of rotatable bonds is 3. The van der Waals surface area contributed by atoms with E-state index in [1.54, 1.807) is 6.20 Å². The minimum Gasteiger partial charge on any atom is -0.469 e. The molecule has 0 spiro atoms. The second-order valence-corrected chi connectivity index (χ2v) is 5.02. The molecular weight excluding hydrogens is 252 g/mol. The molecule has 3 rings (SSSR count). The lowest BCUT2D eigenvalue weighted by Gasteiger charge is -2.26. The number of anilines is 1. The number of aromatic nitrogens is 2. The summed E-state index contributed by atoms with van der Waals surface area (Å²) in [6.45, 7) is 1.93. The molecule has 3 N–H and O–H groups in total. The summed E-state index contributed by atoms with van der Waals surface area (Å²) in [6, 6.07) is 8.44.